The van der Waals surface area contributed by atoms with Gasteiger partial charge in [-0.25, -0.2) is 0 Å². The van der Waals surface area contributed by atoms with Crippen LogP contribution < -0.4 is 5.73 Å². The lowest BCUT2D eigenvalue weighted by Gasteiger charge is -2.37. The molecule has 1 saturated heterocycles. The minimum atomic E-state index is 0.101. The third-order valence-corrected chi connectivity index (χ3v) is 3.49. The number of rotatable bonds is 4. The van der Waals surface area contributed by atoms with Crippen LogP contribution in [0.4, 0.5) is 0 Å². The molecule has 1 aromatic rings. The number of hydrogen-bond donors (Lipinski definition) is 2. The van der Waals surface area contributed by atoms with Crippen molar-refractivity contribution in [3.63, 3.8) is 0 Å². The molecule has 0 saturated carbocycles. The van der Waals surface area contributed by atoms with E-state index in [4.69, 9.17) is 15.6 Å². The molecule has 4 nitrogen and oxygen atoms in total. The van der Waals surface area contributed by atoms with E-state index in [0.29, 0.717) is 12.6 Å². The van der Waals surface area contributed by atoms with Gasteiger partial charge < -0.3 is 15.6 Å². The van der Waals surface area contributed by atoms with Gasteiger partial charge in [0.05, 0.1) is 19.3 Å². The van der Waals surface area contributed by atoms with E-state index in [0.717, 1.165) is 25.3 Å². The van der Waals surface area contributed by atoms with E-state index in [-0.39, 0.29) is 12.7 Å². The fourth-order valence-electron chi connectivity index (χ4n) is 2.22. The highest BCUT2D eigenvalue weighted by atomic mass is 16.5. The Kier molecular flexibility index (Phi) is 4.72. The van der Waals surface area contributed by atoms with Crippen LogP contribution in [-0.2, 0) is 17.9 Å². The number of morpholine rings is 1. The molecule has 1 aliphatic heterocycles. The van der Waals surface area contributed by atoms with Crippen molar-refractivity contribution < 1.29 is 9.84 Å². The molecular weight excluding hydrogens is 228 g/mol. The lowest BCUT2D eigenvalue weighted by molar-refractivity contribution is -0.0567. The van der Waals surface area contributed by atoms with Gasteiger partial charge in [0.15, 0.2) is 0 Å². The van der Waals surface area contributed by atoms with Gasteiger partial charge in [-0.2, -0.15) is 0 Å². The van der Waals surface area contributed by atoms with Crippen LogP contribution >= 0.6 is 0 Å². The van der Waals surface area contributed by atoms with Crippen molar-refractivity contribution in [2.24, 2.45) is 5.73 Å². The molecule has 3 N–H and O–H groups in total. The highest BCUT2D eigenvalue weighted by Gasteiger charge is 2.24. The van der Waals surface area contributed by atoms with Gasteiger partial charge in [0, 0.05) is 25.7 Å². The van der Waals surface area contributed by atoms with E-state index in [2.05, 4.69) is 24.0 Å². The molecule has 1 fully saturated rings. The van der Waals surface area contributed by atoms with Gasteiger partial charge in [0.1, 0.15) is 0 Å². The van der Waals surface area contributed by atoms with E-state index in [1.165, 1.54) is 5.56 Å². The topological polar surface area (TPSA) is 58.7 Å². The summed E-state index contributed by atoms with van der Waals surface area (Å²) in [5.74, 6) is 0. The van der Waals surface area contributed by atoms with Crippen molar-refractivity contribution in [2.75, 3.05) is 19.7 Å². The minimum Gasteiger partial charge on any atom is -0.392 e. The van der Waals surface area contributed by atoms with E-state index in [1.807, 2.05) is 12.1 Å². The Bertz CT molecular complexity index is 367. The second kappa shape index (κ2) is 6.29. The van der Waals surface area contributed by atoms with Gasteiger partial charge in [0.2, 0.25) is 0 Å². The fraction of sp³-hybridized carbons (Fsp3) is 0.571. The van der Waals surface area contributed by atoms with Crippen LogP contribution in [0.25, 0.3) is 0 Å². The molecule has 0 bridgehead atoms. The third-order valence-electron chi connectivity index (χ3n) is 3.49. The first-order valence-corrected chi connectivity index (χ1v) is 6.47. The second-order valence-corrected chi connectivity index (χ2v) is 4.94. The summed E-state index contributed by atoms with van der Waals surface area (Å²) in [6.07, 6.45) is 0.151. The average Bonchev–Trinajstić information content (AvgIpc) is 2.42. The maximum Gasteiger partial charge on any atom is 0.0824 e. The minimum absolute atomic E-state index is 0.101. The lowest BCUT2D eigenvalue weighted by atomic mass is 10.1. The number of aliphatic hydroxyl groups is 1. The third kappa shape index (κ3) is 3.29. The zero-order valence-corrected chi connectivity index (χ0v) is 10.9. The first kappa shape index (κ1) is 13.5. The number of benzene rings is 1. The fourth-order valence-corrected chi connectivity index (χ4v) is 2.22. The number of hydrogen-bond acceptors (Lipinski definition) is 4. The van der Waals surface area contributed by atoms with E-state index in [1.54, 1.807) is 0 Å². The summed E-state index contributed by atoms with van der Waals surface area (Å²) in [5.41, 5.74) is 7.88. The molecule has 0 aliphatic carbocycles. The molecule has 1 heterocycles. The molecule has 1 aliphatic rings. The van der Waals surface area contributed by atoms with Gasteiger partial charge in [0.25, 0.3) is 0 Å². The van der Waals surface area contributed by atoms with Crippen molar-refractivity contribution in [3.8, 4) is 0 Å². The standard InChI is InChI=1S/C14H22N2O2/c1-11-10-18-14(6-15)8-16(11)7-12-2-4-13(9-17)5-3-12/h2-5,11,14,17H,6-10,15H2,1H3. The van der Waals surface area contributed by atoms with Crippen molar-refractivity contribution in [2.45, 2.75) is 32.2 Å². The van der Waals surface area contributed by atoms with Crippen molar-refractivity contribution in [1.82, 2.24) is 4.90 Å². The van der Waals surface area contributed by atoms with Crippen LogP contribution in [0.1, 0.15) is 18.1 Å². The Labute approximate surface area is 108 Å². The number of ether oxygens (including phenoxy) is 1. The summed E-state index contributed by atoms with van der Waals surface area (Å²) in [7, 11) is 0. The zero-order valence-electron chi connectivity index (χ0n) is 10.9. The molecular formula is C14H22N2O2. The maximum absolute atomic E-state index is 9.02. The van der Waals surface area contributed by atoms with Crippen molar-refractivity contribution in [1.29, 1.82) is 0 Å². The van der Waals surface area contributed by atoms with Crippen LogP contribution in [0.15, 0.2) is 24.3 Å². The number of nitrogens with two attached hydrogens (primary N) is 1. The first-order chi connectivity index (χ1) is 8.72. The zero-order chi connectivity index (χ0) is 13.0. The van der Waals surface area contributed by atoms with Crippen LogP contribution in [0, 0.1) is 0 Å². The predicted octanol–water partition coefficient (Wildman–Crippen LogP) is 0.727. The van der Waals surface area contributed by atoms with Crippen LogP contribution in [0.3, 0.4) is 0 Å². The summed E-state index contributed by atoms with van der Waals surface area (Å²) in [4.78, 5) is 2.40. The SMILES string of the molecule is CC1COC(CN)CN1Cc1ccc(CO)cc1. The Morgan fingerprint density at radius 1 is 1.33 bits per heavy atom. The highest BCUT2D eigenvalue weighted by Crippen LogP contribution is 2.15. The Morgan fingerprint density at radius 2 is 2.00 bits per heavy atom. The molecule has 0 amide bonds. The largest absolute Gasteiger partial charge is 0.392 e. The maximum atomic E-state index is 9.02. The molecule has 2 atom stereocenters. The number of nitrogens with zero attached hydrogens (tertiary/aromatic N) is 1. The monoisotopic (exact) mass is 250 g/mol. The Balaban J connectivity index is 1.97. The first-order valence-electron chi connectivity index (χ1n) is 6.47. The van der Waals surface area contributed by atoms with Crippen LogP contribution in [-0.4, -0.2) is 41.8 Å². The second-order valence-electron chi connectivity index (χ2n) is 4.94. The van der Waals surface area contributed by atoms with Gasteiger partial charge in [-0.05, 0) is 18.1 Å². The normalized spacial score (nSPS) is 25.3. The van der Waals surface area contributed by atoms with Gasteiger partial charge in [-0.3, -0.25) is 4.90 Å². The predicted molar refractivity (Wildman–Crippen MR) is 71.0 cm³/mol. The Morgan fingerprint density at radius 3 is 2.61 bits per heavy atom. The Hall–Kier alpha value is -0.940. The molecule has 100 valence electrons. The summed E-state index contributed by atoms with van der Waals surface area (Å²) in [6.45, 7) is 5.40. The molecule has 0 spiro atoms. The summed E-state index contributed by atoms with van der Waals surface area (Å²) >= 11 is 0. The van der Waals surface area contributed by atoms with E-state index < -0.39 is 0 Å². The summed E-state index contributed by atoms with van der Waals surface area (Å²) < 4.78 is 5.64. The molecule has 0 radical (unpaired) electrons. The summed E-state index contributed by atoms with van der Waals surface area (Å²) in [5, 5.41) is 9.02. The summed E-state index contributed by atoms with van der Waals surface area (Å²) in [6, 6.07) is 8.52. The van der Waals surface area contributed by atoms with Crippen molar-refractivity contribution in [3.05, 3.63) is 35.4 Å². The smallest absolute Gasteiger partial charge is 0.0824 e. The molecule has 1 aromatic carbocycles. The molecule has 18 heavy (non-hydrogen) atoms. The quantitative estimate of drug-likeness (QED) is 0.827. The number of aliphatic hydroxyl groups excluding tert-OH is 1. The van der Waals surface area contributed by atoms with Crippen LogP contribution in [0.5, 0.6) is 0 Å². The lowest BCUT2D eigenvalue weighted by Crippen LogP contribution is -2.49. The average molecular weight is 250 g/mol. The molecule has 0 aromatic heterocycles. The van der Waals surface area contributed by atoms with Crippen LogP contribution in [0.2, 0.25) is 0 Å². The molecule has 2 rings (SSSR count). The van der Waals surface area contributed by atoms with Crippen molar-refractivity contribution >= 4 is 0 Å². The van der Waals surface area contributed by atoms with E-state index >= 15 is 0 Å². The molecule has 2 unspecified atom stereocenters. The van der Waals surface area contributed by atoms with Gasteiger partial charge in [-0.1, -0.05) is 24.3 Å². The van der Waals surface area contributed by atoms with Gasteiger partial charge in [-0.15, -0.1) is 0 Å². The van der Waals surface area contributed by atoms with Gasteiger partial charge >= 0.3 is 0 Å². The van der Waals surface area contributed by atoms with E-state index in [9.17, 15) is 0 Å². The highest BCUT2D eigenvalue weighted by molar-refractivity contribution is 5.22. The molecule has 4 heteroatoms.